The van der Waals surface area contributed by atoms with Gasteiger partial charge in [0.15, 0.2) is 17.3 Å². The predicted molar refractivity (Wildman–Crippen MR) is 135 cm³/mol. The Morgan fingerprint density at radius 2 is 1.71 bits per heavy atom. The zero-order valence-corrected chi connectivity index (χ0v) is 20.8. The summed E-state index contributed by atoms with van der Waals surface area (Å²) in [5.41, 5.74) is 6.56. The molecule has 1 aliphatic carbocycles. The summed E-state index contributed by atoms with van der Waals surface area (Å²) in [5, 5.41) is 11.5. The molecule has 8 nitrogen and oxygen atoms in total. The number of anilines is 1. The van der Waals surface area contributed by atoms with E-state index < -0.39 is 5.82 Å². The molecule has 4 N–H and O–H groups in total. The fraction of sp³-hybridized carbons (Fsp3) is 0.731. The molecule has 2 atom stereocenters. The van der Waals surface area contributed by atoms with Crippen molar-refractivity contribution in [3.63, 3.8) is 0 Å². The fourth-order valence-corrected chi connectivity index (χ4v) is 6.73. The first-order valence-corrected chi connectivity index (χ1v) is 13.7. The number of halogens is 1. The van der Waals surface area contributed by atoms with E-state index in [1.807, 2.05) is 0 Å². The number of rotatable bonds is 3. The van der Waals surface area contributed by atoms with E-state index in [1.165, 1.54) is 74.9 Å². The molecule has 2 unspecified atom stereocenters. The van der Waals surface area contributed by atoms with E-state index in [9.17, 15) is 9.18 Å². The third kappa shape index (κ3) is 5.16. The molecule has 3 aliphatic rings. The third-order valence-corrected chi connectivity index (χ3v) is 8.48. The van der Waals surface area contributed by atoms with E-state index in [0.717, 1.165) is 45.1 Å². The number of nitrogen functional groups attached to an aromatic ring is 1. The van der Waals surface area contributed by atoms with Crippen molar-refractivity contribution in [3.05, 3.63) is 23.8 Å². The van der Waals surface area contributed by atoms with Gasteiger partial charge in [-0.15, -0.1) is 5.10 Å². The van der Waals surface area contributed by atoms with Gasteiger partial charge >= 0.3 is 0 Å². The lowest BCUT2D eigenvalue weighted by atomic mass is 9.73. The lowest BCUT2D eigenvalue weighted by Crippen LogP contribution is -2.71. The maximum atomic E-state index is 13.8. The van der Waals surface area contributed by atoms with Crippen LogP contribution in [0.15, 0.2) is 12.4 Å². The van der Waals surface area contributed by atoms with Gasteiger partial charge in [-0.05, 0) is 51.7 Å². The van der Waals surface area contributed by atoms with E-state index >= 15 is 0 Å². The first-order valence-electron chi connectivity index (χ1n) is 13.7. The highest BCUT2D eigenvalue weighted by molar-refractivity contribution is 6.04. The second kappa shape index (κ2) is 10.8. The van der Waals surface area contributed by atoms with E-state index in [0.29, 0.717) is 5.65 Å². The average molecular weight is 486 g/mol. The third-order valence-electron chi connectivity index (χ3n) is 8.48. The molecular weight excluding hydrogens is 445 g/mol. The van der Waals surface area contributed by atoms with Gasteiger partial charge in [0.05, 0.1) is 18.4 Å². The molecule has 1 spiro atoms. The number of amides is 1. The van der Waals surface area contributed by atoms with Crippen LogP contribution in [0.25, 0.3) is 5.65 Å². The van der Waals surface area contributed by atoms with Crippen molar-refractivity contribution < 1.29 is 9.18 Å². The van der Waals surface area contributed by atoms with Gasteiger partial charge < -0.3 is 16.4 Å². The summed E-state index contributed by atoms with van der Waals surface area (Å²) in [6.45, 7) is 3.16. The van der Waals surface area contributed by atoms with Gasteiger partial charge in [-0.3, -0.25) is 9.69 Å². The zero-order valence-electron chi connectivity index (χ0n) is 20.8. The molecule has 35 heavy (non-hydrogen) atoms. The second-order valence-electron chi connectivity index (χ2n) is 10.8. The molecule has 192 valence electrons. The van der Waals surface area contributed by atoms with Gasteiger partial charge in [0.1, 0.15) is 5.56 Å². The van der Waals surface area contributed by atoms with Crippen molar-refractivity contribution in [2.45, 2.75) is 101 Å². The Morgan fingerprint density at radius 1 is 1.06 bits per heavy atom. The van der Waals surface area contributed by atoms with E-state index in [2.05, 4.69) is 25.6 Å². The summed E-state index contributed by atoms with van der Waals surface area (Å²) in [5.74, 6) is -0.696. The van der Waals surface area contributed by atoms with Crippen LogP contribution < -0.4 is 16.4 Å². The van der Waals surface area contributed by atoms with Gasteiger partial charge in [0.25, 0.3) is 5.91 Å². The highest BCUT2D eigenvalue weighted by Gasteiger charge is 2.47. The molecule has 2 aromatic heterocycles. The van der Waals surface area contributed by atoms with Crippen molar-refractivity contribution >= 4 is 17.4 Å². The van der Waals surface area contributed by atoms with Crippen molar-refractivity contribution in [1.29, 1.82) is 0 Å². The lowest BCUT2D eigenvalue weighted by Gasteiger charge is -2.52. The van der Waals surface area contributed by atoms with Crippen LogP contribution in [0, 0.1) is 5.82 Å². The highest BCUT2D eigenvalue weighted by atomic mass is 19.1. The zero-order chi connectivity index (χ0) is 24.3. The minimum Gasteiger partial charge on any atom is -0.381 e. The lowest BCUT2D eigenvalue weighted by molar-refractivity contribution is 0.0457. The molecule has 3 fully saturated rings. The van der Waals surface area contributed by atoms with Gasteiger partial charge in [-0.1, -0.05) is 51.4 Å². The number of carbonyl (C=O) groups excluding carboxylic acids is 1. The standard InChI is InChI=1S/C26H40FN7O/c27-19-17-29-24-21(23(28)32-34(24)18-19)25(35)31-22-20(33-15-9-5-6-10-16-33)11-14-30-26(22)12-7-3-1-2-4-8-13-26/h17-18,20,22,30H,1-16H2,(H2,28,32)(H,31,35). The highest BCUT2D eigenvalue weighted by Crippen LogP contribution is 2.36. The Hall–Kier alpha value is -2.26. The maximum absolute atomic E-state index is 13.8. The van der Waals surface area contributed by atoms with E-state index in [-0.39, 0.29) is 34.9 Å². The minimum absolute atomic E-state index is 0.0326. The van der Waals surface area contributed by atoms with Gasteiger partial charge in [0.2, 0.25) is 0 Å². The number of aromatic nitrogens is 3. The predicted octanol–water partition coefficient (Wildman–Crippen LogP) is 3.66. The SMILES string of the molecule is Nc1nn2cc(F)cnc2c1C(=O)NC1C(N2CCCCCC2)CCNC12CCCCCCCC2. The first-order chi connectivity index (χ1) is 17.1. The number of hydrogen-bond acceptors (Lipinski definition) is 6. The summed E-state index contributed by atoms with van der Waals surface area (Å²) in [4.78, 5) is 20.6. The van der Waals surface area contributed by atoms with Crippen LogP contribution in [0.5, 0.6) is 0 Å². The summed E-state index contributed by atoms with van der Waals surface area (Å²) in [7, 11) is 0. The quantitative estimate of drug-likeness (QED) is 0.614. The summed E-state index contributed by atoms with van der Waals surface area (Å²) < 4.78 is 15.0. The Balaban J connectivity index is 1.49. The Morgan fingerprint density at radius 3 is 2.43 bits per heavy atom. The molecule has 1 saturated carbocycles. The summed E-state index contributed by atoms with van der Waals surface area (Å²) >= 11 is 0. The van der Waals surface area contributed by atoms with E-state index in [1.54, 1.807) is 0 Å². The largest absolute Gasteiger partial charge is 0.381 e. The van der Waals surface area contributed by atoms with Crippen molar-refractivity contribution in [3.8, 4) is 0 Å². The van der Waals surface area contributed by atoms with E-state index in [4.69, 9.17) is 5.73 Å². The summed E-state index contributed by atoms with van der Waals surface area (Å²) in [6.07, 6.45) is 17.9. The molecule has 1 amide bonds. The molecule has 2 aromatic rings. The van der Waals surface area contributed by atoms with Crippen LogP contribution >= 0.6 is 0 Å². The average Bonchev–Trinajstić information content (AvgIpc) is 3.01. The monoisotopic (exact) mass is 485 g/mol. The molecule has 0 aromatic carbocycles. The van der Waals surface area contributed by atoms with Crippen LogP contribution in [0.2, 0.25) is 0 Å². The van der Waals surface area contributed by atoms with Gasteiger partial charge in [0, 0.05) is 11.6 Å². The fourth-order valence-electron chi connectivity index (χ4n) is 6.73. The Labute approximate surface area is 207 Å². The Bertz CT molecular complexity index is 1010. The Kier molecular flexibility index (Phi) is 7.53. The second-order valence-corrected chi connectivity index (χ2v) is 10.8. The van der Waals surface area contributed by atoms with Crippen molar-refractivity contribution in [2.75, 3.05) is 25.4 Å². The molecule has 9 heteroatoms. The number of nitrogens with one attached hydrogen (secondary N) is 2. The number of carbonyl (C=O) groups is 1. The molecule has 0 bridgehead atoms. The molecular formula is C26H40FN7O. The molecule has 2 aliphatic heterocycles. The maximum Gasteiger partial charge on any atom is 0.259 e. The molecule has 4 heterocycles. The number of fused-ring (bicyclic) bond motifs is 1. The summed E-state index contributed by atoms with van der Waals surface area (Å²) in [6, 6.07) is 0.252. The number of nitrogens with zero attached hydrogens (tertiary/aromatic N) is 4. The topological polar surface area (TPSA) is 101 Å². The van der Waals surface area contributed by atoms with Crippen LogP contribution in [-0.4, -0.2) is 62.7 Å². The first kappa shape index (κ1) is 24.4. The number of hydrogen-bond donors (Lipinski definition) is 3. The normalized spacial score (nSPS) is 26.5. The molecule has 0 radical (unpaired) electrons. The van der Waals surface area contributed by atoms with Gasteiger partial charge in [-0.2, -0.15) is 0 Å². The van der Waals surface area contributed by atoms with Crippen molar-refractivity contribution in [1.82, 2.24) is 30.1 Å². The van der Waals surface area contributed by atoms with Crippen LogP contribution in [0.4, 0.5) is 10.2 Å². The van der Waals surface area contributed by atoms with Gasteiger partial charge in [-0.25, -0.2) is 13.9 Å². The number of likely N-dealkylation sites (tertiary alicyclic amines) is 1. The number of piperidine rings is 1. The molecule has 5 rings (SSSR count). The van der Waals surface area contributed by atoms with Crippen LogP contribution in [0.3, 0.4) is 0 Å². The minimum atomic E-state index is -0.519. The smallest absolute Gasteiger partial charge is 0.259 e. The van der Waals surface area contributed by atoms with Crippen molar-refractivity contribution in [2.24, 2.45) is 0 Å². The van der Waals surface area contributed by atoms with Crippen LogP contribution in [0.1, 0.15) is 93.8 Å². The van der Waals surface area contributed by atoms with Crippen LogP contribution in [-0.2, 0) is 0 Å². The molecule has 2 saturated heterocycles. The number of nitrogens with two attached hydrogens (primary N) is 1.